The Morgan fingerprint density at radius 3 is 2.56 bits per heavy atom. The fourth-order valence-corrected chi connectivity index (χ4v) is 3.12. The van der Waals surface area contributed by atoms with Gasteiger partial charge < -0.3 is 5.73 Å². The zero-order valence-corrected chi connectivity index (χ0v) is 11.3. The van der Waals surface area contributed by atoms with Gasteiger partial charge in [0.05, 0.1) is 11.7 Å². The van der Waals surface area contributed by atoms with Crippen molar-refractivity contribution in [2.24, 2.45) is 5.73 Å². The molecule has 0 saturated carbocycles. The van der Waals surface area contributed by atoms with Gasteiger partial charge in [-0.15, -0.1) is 11.3 Å². The van der Waals surface area contributed by atoms with Crippen LogP contribution in [0, 0.1) is 0 Å². The Morgan fingerprint density at radius 1 is 1.33 bits per heavy atom. The minimum atomic E-state index is 0.0412. The molecule has 3 nitrogen and oxygen atoms in total. The molecule has 0 radical (unpaired) electrons. The van der Waals surface area contributed by atoms with E-state index in [0.717, 1.165) is 30.3 Å². The maximum atomic E-state index is 5.84. The van der Waals surface area contributed by atoms with E-state index in [9.17, 15) is 0 Å². The van der Waals surface area contributed by atoms with E-state index < -0.39 is 0 Å². The number of nitrogens with two attached hydrogens (primary N) is 1. The van der Waals surface area contributed by atoms with Gasteiger partial charge in [0.15, 0.2) is 0 Å². The van der Waals surface area contributed by atoms with Crippen LogP contribution in [0.15, 0.2) is 29.6 Å². The first-order chi connectivity index (χ1) is 8.72. The summed E-state index contributed by atoms with van der Waals surface area (Å²) >= 11 is 1.66. The average Bonchev–Trinajstić information content (AvgIpc) is 2.94. The molecule has 2 N–H and O–H groups in total. The highest BCUT2D eigenvalue weighted by molar-refractivity contribution is 7.09. The summed E-state index contributed by atoms with van der Waals surface area (Å²) in [6, 6.07) is 8.69. The van der Waals surface area contributed by atoms with E-state index in [0.29, 0.717) is 0 Å². The van der Waals surface area contributed by atoms with Crippen molar-refractivity contribution in [3.63, 3.8) is 0 Å². The zero-order valence-electron chi connectivity index (χ0n) is 10.5. The second kappa shape index (κ2) is 4.80. The molecular formula is C14H17N3S. The molecule has 2 heterocycles. The van der Waals surface area contributed by atoms with Crippen LogP contribution in [0.1, 0.15) is 34.8 Å². The molecule has 0 saturated heterocycles. The lowest BCUT2D eigenvalue weighted by atomic mass is 10.1. The molecule has 1 aromatic heterocycles. The minimum Gasteiger partial charge on any atom is -0.322 e. The van der Waals surface area contributed by atoms with Crippen molar-refractivity contribution < 1.29 is 0 Å². The summed E-state index contributed by atoms with van der Waals surface area (Å²) in [5.41, 5.74) is 9.87. The third-order valence-corrected chi connectivity index (χ3v) is 4.35. The molecule has 0 bridgehead atoms. The Labute approximate surface area is 111 Å². The smallest absolute Gasteiger partial charge is 0.109 e. The van der Waals surface area contributed by atoms with Crippen LogP contribution in [0.4, 0.5) is 0 Å². The highest BCUT2D eigenvalue weighted by Gasteiger charge is 2.19. The summed E-state index contributed by atoms with van der Waals surface area (Å²) in [4.78, 5) is 7.01. The van der Waals surface area contributed by atoms with Crippen molar-refractivity contribution in [3.05, 3.63) is 51.5 Å². The lowest BCUT2D eigenvalue weighted by Crippen LogP contribution is -2.16. The second-order valence-corrected chi connectivity index (χ2v) is 5.77. The minimum absolute atomic E-state index is 0.0412. The van der Waals surface area contributed by atoms with Crippen LogP contribution in [0.3, 0.4) is 0 Å². The van der Waals surface area contributed by atoms with Crippen molar-refractivity contribution in [1.29, 1.82) is 0 Å². The Morgan fingerprint density at radius 2 is 2.00 bits per heavy atom. The summed E-state index contributed by atoms with van der Waals surface area (Å²) in [6.07, 6.45) is 0. The summed E-state index contributed by atoms with van der Waals surface area (Å²) in [5, 5.41) is 3.16. The maximum Gasteiger partial charge on any atom is 0.109 e. The Balaban J connectivity index is 1.68. The van der Waals surface area contributed by atoms with E-state index >= 15 is 0 Å². The molecule has 3 rings (SSSR count). The molecule has 1 unspecified atom stereocenters. The number of thiazole rings is 1. The van der Waals surface area contributed by atoms with E-state index in [1.54, 1.807) is 11.3 Å². The van der Waals surface area contributed by atoms with Crippen molar-refractivity contribution in [1.82, 2.24) is 9.88 Å². The third-order valence-electron chi connectivity index (χ3n) is 3.25. The summed E-state index contributed by atoms with van der Waals surface area (Å²) in [7, 11) is 0. The number of benzene rings is 1. The Kier molecular flexibility index (Phi) is 3.16. The molecule has 1 atom stereocenters. The number of rotatable bonds is 3. The summed E-state index contributed by atoms with van der Waals surface area (Å²) in [6.45, 7) is 4.95. The van der Waals surface area contributed by atoms with E-state index in [1.165, 1.54) is 11.1 Å². The van der Waals surface area contributed by atoms with Crippen LogP contribution < -0.4 is 5.73 Å². The van der Waals surface area contributed by atoms with E-state index in [2.05, 4.69) is 39.5 Å². The average molecular weight is 259 g/mol. The number of nitrogens with zero attached hydrogens (tertiary/aromatic N) is 2. The molecule has 2 aromatic rings. The molecule has 0 spiro atoms. The van der Waals surface area contributed by atoms with Crippen LogP contribution >= 0.6 is 11.3 Å². The maximum absolute atomic E-state index is 5.84. The largest absolute Gasteiger partial charge is 0.322 e. The fourth-order valence-electron chi connectivity index (χ4n) is 2.35. The lowest BCUT2D eigenvalue weighted by molar-refractivity contribution is 0.272. The number of hydrogen-bond acceptors (Lipinski definition) is 4. The number of aromatic nitrogens is 1. The number of hydrogen-bond donors (Lipinski definition) is 1. The van der Waals surface area contributed by atoms with Crippen LogP contribution in [0.2, 0.25) is 0 Å². The molecule has 1 aliphatic heterocycles. The van der Waals surface area contributed by atoms with Crippen molar-refractivity contribution in [3.8, 4) is 0 Å². The predicted molar refractivity (Wildman–Crippen MR) is 74.1 cm³/mol. The standard InChI is InChI=1S/C14H17N3S/c1-10(15)14-16-13(9-18-14)8-17-6-11-4-2-3-5-12(11)7-17/h2-5,9-10H,6-8,15H2,1H3. The quantitative estimate of drug-likeness (QED) is 0.921. The molecule has 1 aliphatic rings. The molecule has 0 fully saturated rings. The van der Waals surface area contributed by atoms with Gasteiger partial charge in [0.1, 0.15) is 5.01 Å². The molecule has 4 heteroatoms. The number of fused-ring (bicyclic) bond motifs is 1. The molecule has 18 heavy (non-hydrogen) atoms. The van der Waals surface area contributed by atoms with Crippen LogP contribution in [-0.2, 0) is 19.6 Å². The summed E-state index contributed by atoms with van der Waals surface area (Å²) in [5.74, 6) is 0. The molecule has 0 amide bonds. The Bertz CT molecular complexity index is 522. The fraction of sp³-hybridized carbons (Fsp3) is 0.357. The first-order valence-corrected chi connectivity index (χ1v) is 7.09. The Hall–Kier alpha value is -1.23. The normalized spacial score (nSPS) is 16.8. The topological polar surface area (TPSA) is 42.1 Å². The van der Waals surface area contributed by atoms with Crippen molar-refractivity contribution in [2.45, 2.75) is 32.6 Å². The van der Waals surface area contributed by atoms with Crippen molar-refractivity contribution >= 4 is 11.3 Å². The highest BCUT2D eigenvalue weighted by atomic mass is 32.1. The van der Waals surface area contributed by atoms with E-state index in [1.807, 2.05) is 6.92 Å². The van der Waals surface area contributed by atoms with Crippen LogP contribution in [0.5, 0.6) is 0 Å². The third kappa shape index (κ3) is 2.32. The van der Waals surface area contributed by atoms with Gasteiger partial charge in [0.2, 0.25) is 0 Å². The molecule has 1 aromatic carbocycles. The molecular weight excluding hydrogens is 242 g/mol. The van der Waals surface area contributed by atoms with Crippen molar-refractivity contribution in [2.75, 3.05) is 0 Å². The van der Waals surface area contributed by atoms with Gasteiger partial charge in [-0.2, -0.15) is 0 Å². The van der Waals surface area contributed by atoms with E-state index in [4.69, 9.17) is 5.73 Å². The van der Waals surface area contributed by atoms with Gasteiger partial charge in [-0.3, -0.25) is 4.90 Å². The second-order valence-electron chi connectivity index (χ2n) is 4.88. The predicted octanol–water partition coefficient (Wildman–Crippen LogP) is 2.68. The van der Waals surface area contributed by atoms with Gasteiger partial charge in [0, 0.05) is 25.0 Å². The van der Waals surface area contributed by atoms with Gasteiger partial charge in [-0.25, -0.2) is 4.98 Å². The van der Waals surface area contributed by atoms with Crippen LogP contribution in [-0.4, -0.2) is 9.88 Å². The highest BCUT2D eigenvalue weighted by Crippen LogP contribution is 2.25. The van der Waals surface area contributed by atoms with Gasteiger partial charge >= 0.3 is 0 Å². The van der Waals surface area contributed by atoms with Crippen LogP contribution in [0.25, 0.3) is 0 Å². The molecule has 0 aliphatic carbocycles. The lowest BCUT2D eigenvalue weighted by Gasteiger charge is -2.12. The van der Waals surface area contributed by atoms with Gasteiger partial charge in [0.25, 0.3) is 0 Å². The summed E-state index contributed by atoms with van der Waals surface area (Å²) < 4.78 is 0. The van der Waals surface area contributed by atoms with Gasteiger partial charge in [-0.05, 0) is 18.1 Å². The zero-order chi connectivity index (χ0) is 12.5. The monoisotopic (exact) mass is 259 g/mol. The molecule has 94 valence electrons. The SMILES string of the molecule is CC(N)c1nc(CN2Cc3ccccc3C2)cs1. The first-order valence-electron chi connectivity index (χ1n) is 6.21. The first kappa shape index (κ1) is 11.8. The van der Waals surface area contributed by atoms with E-state index in [-0.39, 0.29) is 6.04 Å². The van der Waals surface area contributed by atoms with Gasteiger partial charge in [-0.1, -0.05) is 24.3 Å².